The van der Waals surface area contributed by atoms with E-state index in [2.05, 4.69) is 23.2 Å². The van der Waals surface area contributed by atoms with Crippen molar-refractivity contribution in [3.63, 3.8) is 0 Å². The van der Waals surface area contributed by atoms with Crippen molar-refractivity contribution < 1.29 is 0 Å². The van der Waals surface area contributed by atoms with Gasteiger partial charge in [0.05, 0.1) is 5.52 Å². The first-order chi connectivity index (χ1) is 8.33. The van der Waals surface area contributed by atoms with E-state index in [9.17, 15) is 0 Å². The predicted octanol–water partition coefficient (Wildman–Crippen LogP) is 3.48. The number of anilines is 1. The lowest BCUT2D eigenvalue weighted by molar-refractivity contribution is 1.41. The molecule has 0 spiro atoms. The van der Waals surface area contributed by atoms with Crippen LogP contribution in [-0.2, 0) is 0 Å². The Morgan fingerprint density at radius 1 is 0.824 bits per heavy atom. The molecule has 2 heteroatoms. The van der Waals surface area contributed by atoms with Crippen LogP contribution in [0.3, 0.4) is 0 Å². The van der Waals surface area contributed by atoms with Crippen molar-refractivity contribution >= 4 is 16.6 Å². The van der Waals surface area contributed by atoms with Crippen LogP contribution < -0.4 is 5.73 Å². The molecule has 0 saturated carbocycles. The topological polar surface area (TPSA) is 38.9 Å². The van der Waals surface area contributed by atoms with Gasteiger partial charge in [0, 0.05) is 22.8 Å². The van der Waals surface area contributed by atoms with Crippen LogP contribution in [0.25, 0.3) is 22.0 Å². The molecule has 0 saturated heterocycles. The molecule has 0 radical (unpaired) electrons. The summed E-state index contributed by atoms with van der Waals surface area (Å²) in [6, 6.07) is 18.2. The van der Waals surface area contributed by atoms with Gasteiger partial charge in [0.2, 0.25) is 0 Å². The van der Waals surface area contributed by atoms with E-state index in [1.807, 2.05) is 42.6 Å². The van der Waals surface area contributed by atoms with Gasteiger partial charge in [-0.1, -0.05) is 36.4 Å². The molecule has 0 aliphatic heterocycles. The third-order valence-electron chi connectivity index (χ3n) is 2.82. The van der Waals surface area contributed by atoms with Crippen molar-refractivity contribution in [2.45, 2.75) is 0 Å². The molecule has 3 rings (SSSR count). The molecule has 2 aromatic carbocycles. The minimum absolute atomic E-state index is 0.748. The fourth-order valence-electron chi connectivity index (χ4n) is 1.93. The Labute approximate surface area is 99.7 Å². The summed E-state index contributed by atoms with van der Waals surface area (Å²) in [4.78, 5) is 4.44. The van der Waals surface area contributed by atoms with Crippen molar-refractivity contribution in [3.05, 3.63) is 60.8 Å². The van der Waals surface area contributed by atoms with Crippen LogP contribution in [0.5, 0.6) is 0 Å². The third-order valence-corrected chi connectivity index (χ3v) is 2.82. The minimum atomic E-state index is 0.748. The number of nitrogens with two attached hydrogens (primary N) is 1. The zero-order valence-corrected chi connectivity index (χ0v) is 9.30. The summed E-state index contributed by atoms with van der Waals surface area (Å²) in [5.74, 6) is 0. The number of rotatable bonds is 1. The van der Waals surface area contributed by atoms with Crippen LogP contribution in [0.15, 0.2) is 60.8 Å². The van der Waals surface area contributed by atoms with E-state index in [1.165, 1.54) is 5.56 Å². The molecular formula is C15H12N2. The van der Waals surface area contributed by atoms with E-state index in [4.69, 9.17) is 5.73 Å². The highest BCUT2D eigenvalue weighted by molar-refractivity contribution is 5.85. The number of nitrogen functional groups attached to an aromatic ring is 1. The van der Waals surface area contributed by atoms with E-state index in [0.29, 0.717) is 0 Å². The lowest BCUT2D eigenvalue weighted by atomic mass is 10.1. The zero-order valence-electron chi connectivity index (χ0n) is 9.30. The predicted molar refractivity (Wildman–Crippen MR) is 71.6 cm³/mol. The summed E-state index contributed by atoms with van der Waals surface area (Å²) in [5, 5.41) is 1.11. The molecule has 82 valence electrons. The summed E-state index contributed by atoms with van der Waals surface area (Å²) >= 11 is 0. The molecule has 2 nitrogen and oxygen atoms in total. The molecule has 2 N–H and O–H groups in total. The van der Waals surface area contributed by atoms with E-state index in [0.717, 1.165) is 22.2 Å². The molecule has 1 aromatic heterocycles. The maximum absolute atomic E-state index is 5.73. The Hall–Kier alpha value is -2.35. The number of pyridine rings is 1. The van der Waals surface area contributed by atoms with E-state index in [-0.39, 0.29) is 0 Å². The van der Waals surface area contributed by atoms with Crippen molar-refractivity contribution in [2.75, 3.05) is 5.73 Å². The van der Waals surface area contributed by atoms with Crippen molar-refractivity contribution in [1.29, 1.82) is 0 Å². The summed E-state index contributed by atoms with van der Waals surface area (Å²) in [5.41, 5.74) is 9.72. The molecule has 1 heterocycles. The summed E-state index contributed by atoms with van der Waals surface area (Å²) in [6.45, 7) is 0. The zero-order chi connectivity index (χ0) is 11.7. The molecule has 0 bridgehead atoms. The van der Waals surface area contributed by atoms with Gasteiger partial charge in [-0.15, -0.1) is 0 Å². The minimum Gasteiger partial charge on any atom is -0.399 e. The first-order valence-electron chi connectivity index (χ1n) is 5.54. The van der Waals surface area contributed by atoms with Gasteiger partial charge in [-0.25, -0.2) is 0 Å². The summed E-state index contributed by atoms with van der Waals surface area (Å²) in [6.07, 6.45) is 1.89. The van der Waals surface area contributed by atoms with Crippen LogP contribution in [0.2, 0.25) is 0 Å². The molecule has 0 amide bonds. The van der Waals surface area contributed by atoms with Gasteiger partial charge >= 0.3 is 0 Å². The highest BCUT2D eigenvalue weighted by Crippen LogP contribution is 2.23. The molecule has 0 aliphatic carbocycles. The summed E-state index contributed by atoms with van der Waals surface area (Å²) < 4.78 is 0. The number of benzene rings is 2. The Morgan fingerprint density at radius 2 is 1.65 bits per heavy atom. The van der Waals surface area contributed by atoms with Crippen molar-refractivity contribution in [2.24, 2.45) is 0 Å². The molecule has 0 unspecified atom stereocenters. The first-order valence-corrected chi connectivity index (χ1v) is 5.54. The highest BCUT2D eigenvalue weighted by atomic mass is 14.7. The lowest BCUT2D eigenvalue weighted by Crippen LogP contribution is -1.87. The van der Waals surface area contributed by atoms with Crippen LogP contribution in [-0.4, -0.2) is 4.98 Å². The van der Waals surface area contributed by atoms with Crippen molar-refractivity contribution in [1.82, 2.24) is 4.98 Å². The average Bonchev–Trinajstić information content (AvgIpc) is 2.39. The average molecular weight is 220 g/mol. The number of nitrogens with zero attached hydrogens (tertiary/aromatic N) is 1. The summed E-state index contributed by atoms with van der Waals surface area (Å²) in [7, 11) is 0. The standard InChI is InChI=1S/C15H12N2/c16-14-7-6-12-8-13(10-17-15(12)9-14)11-4-2-1-3-5-11/h1-10H,16H2. The number of hydrogen-bond acceptors (Lipinski definition) is 2. The van der Waals surface area contributed by atoms with E-state index in [1.54, 1.807) is 0 Å². The number of hydrogen-bond donors (Lipinski definition) is 1. The van der Waals surface area contributed by atoms with E-state index >= 15 is 0 Å². The maximum Gasteiger partial charge on any atom is 0.0722 e. The van der Waals surface area contributed by atoms with Gasteiger partial charge in [-0.2, -0.15) is 0 Å². The van der Waals surface area contributed by atoms with E-state index < -0.39 is 0 Å². The largest absolute Gasteiger partial charge is 0.399 e. The van der Waals surface area contributed by atoms with Gasteiger partial charge in [-0.05, 0) is 23.8 Å². The van der Waals surface area contributed by atoms with Crippen molar-refractivity contribution in [3.8, 4) is 11.1 Å². The van der Waals surface area contributed by atoms with Crippen LogP contribution >= 0.6 is 0 Å². The van der Waals surface area contributed by atoms with Crippen LogP contribution in [0.4, 0.5) is 5.69 Å². The fraction of sp³-hybridized carbons (Fsp3) is 0. The second-order valence-electron chi connectivity index (χ2n) is 4.04. The Balaban J connectivity index is 2.17. The van der Waals surface area contributed by atoms with Gasteiger partial charge in [0.15, 0.2) is 0 Å². The van der Waals surface area contributed by atoms with Gasteiger partial charge < -0.3 is 5.73 Å². The SMILES string of the molecule is Nc1ccc2cc(-c3ccccc3)cnc2c1. The maximum atomic E-state index is 5.73. The highest BCUT2D eigenvalue weighted by Gasteiger charge is 2.00. The Kier molecular flexibility index (Phi) is 2.26. The smallest absolute Gasteiger partial charge is 0.0722 e. The lowest BCUT2D eigenvalue weighted by Gasteiger charge is -2.03. The monoisotopic (exact) mass is 220 g/mol. The third kappa shape index (κ3) is 1.85. The molecule has 0 atom stereocenters. The molecule has 3 aromatic rings. The number of aromatic nitrogens is 1. The Bertz CT molecular complexity index is 660. The van der Waals surface area contributed by atoms with Gasteiger partial charge in [0.25, 0.3) is 0 Å². The van der Waals surface area contributed by atoms with Crippen LogP contribution in [0.1, 0.15) is 0 Å². The molecule has 17 heavy (non-hydrogen) atoms. The van der Waals surface area contributed by atoms with Gasteiger partial charge in [-0.3, -0.25) is 4.98 Å². The Morgan fingerprint density at radius 3 is 2.47 bits per heavy atom. The van der Waals surface area contributed by atoms with Crippen LogP contribution in [0, 0.1) is 0 Å². The molecular weight excluding hydrogens is 208 g/mol. The fourth-order valence-corrected chi connectivity index (χ4v) is 1.93. The second-order valence-corrected chi connectivity index (χ2v) is 4.04. The number of fused-ring (bicyclic) bond motifs is 1. The molecule has 0 fully saturated rings. The van der Waals surface area contributed by atoms with Gasteiger partial charge in [0.1, 0.15) is 0 Å². The molecule has 0 aliphatic rings. The second kappa shape index (κ2) is 3.91. The first kappa shape index (κ1) is 9.85. The normalized spacial score (nSPS) is 10.6. The quantitative estimate of drug-likeness (QED) is 0.637.